The molecule has 2 saturated carbocycles. The highest BCUT2D eigenvalue weighted by atomic mass is 16.3. The van der Waals surface area contributed by atoms with Gasteiger partial charge in [-0.25, -0.2) is 0 Å². The largest absolute Gasteiger partial charge is 0.393 e. The molecule has 0 aliphatic heterocycles. The number of hydrogen-bond acceptors (Lipinski definition) is 3. The number of fused-ring (bicyclic) bond motifs is 2. The summed E-state index contributed by atoms with van der Waals surface area (Å²) in [5.41, 5.74) is 3.44. The van der Waals surface area contributed by atoms with Crippen LogP contribution >= 0.6 is 0 Å². The van der Waals surface area contributed by atoms with E-state index in [1.54, 1.807) is 11.1 Å². The van der Waals surface area contributed by atoms with E-state index in [1.165, 1.54) is 44.9 Å². The Hall–Kier alpha value is -0.380. The molecule has 0 saturated heterocycles. The van der Waals surface area contributed by atoms with Crippen molar-refractivity contribution in [3.63, 3.8) is 0 Å². The van der Waals surface area contributed by atoms with E-state index in [2.05, 4.69) is 41.5 Å². The van der Waals surface area contributed by atoms with Crippen LogP contribution in [0.25, 0.3) is 0 Å². The third kappa shape index (κ3) is 3.77. The van der Waals surface area contributed by atoms with Gasteiger partial charge in [0.2, 0.25) is 0 Å². The molecule has 4 rings (SSSR count). The monoisotopic (exact) mass is 474 g/mol. The van der Waals surface area contributed by atoms with Gasteiger partial charge < -0.3 is 15.3 Å². The highest BCUT2D eigenvalue weighted by Gasteiger charge is 2.63. The van der Waals surface area contributed by atoms with E-state index in [1.807, 2.05) is 13.8 Å². The van der Waals surface area contributed by atoms with E-state index in [4.69, 9.17) is 0 Å². The molecule has 0 amide bonds. The zero-order valence-corrected chi connectivity index (χ0v) is 23.5. The van der Waals surface area contributed by atoms with Crippen LogP contribution in [0.2, 0.25) is 0 Å². The summed E-state index contributed by atoms with van der Waals surface area (Å²) in [5.74, 6) is 1.34. The van der Waals surface area contributed by atoms with Crippen LogP contribution in [0.3, 0.4) is 0 Å². The second kappa shape index (κ2) is 8.59. The van der Waals surface area contributed by atoms with Crippen LogP contribution in [-0.2, 0) is 0 Å². The normalized spacial score (nSPS) is 44.0. The van der Waals surface area contributed by atoms with Crippen molar-refractivity contribution in [1.82, 2.24) is 0 Å². The van der Waals surface area contributed by atoms with Crippen LogP contribution < -0.4 is 0 Å². The van der Waals surface area contributed by atoms with Gasteiger partial charge in [0.05, 0.1) is 17.8 Å². The Kier molecular flexibility index (Phi) is 6.74. The number of aliphatic hydroxyl groups excluding tert-OH is 2. The average Bonchev–Trinajstić information content (AvgIpc) is 3.02. The minimum absolute atomic E-state index is 0.0256. The summed E-state index contributed by atoms with van der Waals surface area (Å²) in [5, 5.41) is 32.3. The van der Waals surface area contributed by atoms with Crippen molar-refractivity contribution in [3.05, 3.63) is 11.1 Å². The van der Waals surface area contributed by atoms with Crippen molar-refractivity contribution >= 4 is 0 Å². The van der Waals surface area contributed by atoms with Crippen LogP contribution in [0.5, 0.6) is 0 Å². The maximum absolute atomic E-state index is 11.1. The summed E-state index contributed by atoms with van der Waals surface area (Å²) in [6.07, 6.45) is 11.5. The first-order valence-electron chi connectivity index (χ1n) is 14.4. The van der Waals surface area contributed by atoms with Crippen LogP contribution in [-0.4, -0.2) is 33.1 Å². The SMILES string of the molecule is C[C@@H]([C@H]1CC[C@@]2(C)C3=C(CC[C@]12C)[C@H](C)C1(CCC[C@H](O)C1(C)C)CC3)[C@@H](O)CCC(C)(C)O. The molecule has 34 heavy (non-hydrogen) atoms. The lowest BCUT2D eigenvalue weighted by molar-refractivity contribution is -0.124. The molecule has 0 heterocycles. The number of aliphatic hydroxyl groups is 3. The Labute approximate surface area is 209 Å². The molecule has 1 spiro atoms. The molecule has 0 aromatic rings. The third-order valence-electron chi connectivity index (χ3n) is 12.7. The van der Waals surface area contributed by atoms with E-state index in [-0.39, 0.29) is 39.8 Å². The van der Waals surface area contributed by atoms with Crippen LogP contribution in [0.1, 0.15) is 126 Å². The molecule has 0 bridgehead atoms. The Bertz CT molecular complexity index is 806. The molecule has 1 unspecified atom stereocenters. The number of rotatable bonds is 5. The lowest BCUT2D eigenvalue weighted by Gasteiger charge is -2.62. The predicted molar refractivity (Wildman–Crippen MR) is 140 cm³/mol. The average molecular weight is 475 g/mol. The summed E-state index contributed by atoms with van der Waals surface area (Å²) < 4.78 is 0. The molecule has 0 aromatic carbocycles. The molecule has 4 aliphatic carbocycles. The summed E-state index contributed by atoms with van der Waals surface area (Å²) in [4.78, 5) is 0. The second-order valence-corrected chi connectivity index (χ2v) is 14.7. The zero-order valence-electron chi connectivity index (χ0n) is 23.5. The van der Waals surface area contributed by atoms with Crippen LogP contribution in [0, 0.1) is 39.4 Å². The second-order valence-electron chi connectivity index (χ2n) is 14.7. The lowest BCUT2D eigenvalue weighted by atomic mass is 9.43. The van der Waals surface area contributed by atoms with Gasteiger partial charge in [-0.05, 0) is 117 Å². The fraction of sp³-hybridized carbons (Fsp3) is 0.935. The maximum atomic E-state index is 11.1. The molecular formula is C31H54O3. The molecule has 3 N–H and O–H groups in total. The molecule has 8 atom stereocenters. The maximum Gasteiger partial charge on any atom is 0.0596 e. The summed E-state index contributed by atoms with van der Waals surface area (Å²) >= 11 is 0. The third-order valence-corrected chi connectivity index (χ3v) is 12.7. The van der Waals surface area contributed by atoms with Gasteiger partial charge in [0.1, 0.15) is 0 Å². The molecule has 3 nitrogen and oxygen atoms in total. The molecule has 0 aromatic heterocycles. The van der Waals surface area contributed by atoms with Gasteiger partial charge in [-0.3, -0.25) is 0 Å². The van der Waals surface area contributed by atoms with Crippen molar-refractivity contribution < 1.29 is 15.3 Å². The molecule has 196 valence electrons. The molecule has 3 heteroatoms. The number of allylic oxidation sites excluding steroid dienone is 2. The topological polar surface area (TPSA) is 60.7 Å². The van der Waals surface area contributed by atoms with Crippen molar-refractivity contribution in [2.24, 2.45) is 39.4 Å². The molecule has 4 aliphatic rings. The van der Waals surface area contributed by atoms with Gasteiger partial charge in [-0.1, -0.05) is 59.1 Å². The van der Waals surface area contributed by atoms with E-state index < -0.39 is 5.60 Å². The van der Waals surface area contributed by atoms with Crippen molar-refractivity contribution in [1.29, 1.82) is 0 Å². The fourth-order valence-electron chi connectivity index (χ4n) is 9.85. The Morgan fingerprint density at radius 2 is 1.68 bits per heavy atom. The Balaban J connectivity index is 1.61. The summed E-state index contributed by atoms with van der Waals surface area (Å²) in [6.45, 7) is 18.2. The molecular weight excluding hydrogens is 420 g/mol. The minimum Gasteiger partial charge on any atom is -0.393 e. The van der Waals surface area contributed by atoms with Crippen LogP contribution in [0.15, 0.2) is 11.1 Å². The van der Waals surface area contributed by atoms with E-state index in [0.29, 0.717) is 24.7 Å². The minimum atomic E-state index is -0.714. The standard InChI is InChI=1S/C31H54O3/c1-20(25(32)14-16-27(3,4)34)23-12-18-30(8)24-13-19-31(15-9-10-26(33)28(31,5)6)21(2)22(24)11-17-29(23,30)7/h20-21,23,25-26,32-34H,9-19H2,1-8H3/t20-,21-,23+,25-,26-,29+,30-,31?/m0/s1. The highest BCUT2D eigenvalue weighted by Crippen LogP contribution is 2.72. The van der Waals surface area contributed by atoms with Crippen molar-refractivity contribution in [2.75, 3.05) is 0 Å². The van der Waals surface area contributed by atoms with Crippen molar-refractivity contribution in [2.45, 2.75) is 144 Å². The van der Waals surface area contributed by atoms with E-state index in [9.17, 15) is 15.3 Å². The summed E-state index contributed by atoms with van der Waals surface area (Å²) in [7, 11) is 0. The van der Waals surface area contributed by atoms with Crippen molar-refractivity contribution in [3.8, 4) is 0 Å². The van der Waals surface area contributed by atoms with E-state index >= 15 is 0 Å². The lowest BCUT2D eigenvalue weighted by Crippen LogP contribution is -2.56. The molecule has 2 fully saturated rings. The van der Waals surface area contributed by atoms with Gasteiger partial charge >= 0.3 is 0 Å². The van der Waals surface area contributed by atoms with Crippen LogP contribution in [0.4, 0.5) is 0 Å². The molecule has 0 radical (unpaired) electrons. The van der Waals surface area contributed by atoms with Gasteiger partial charge in [-0.2, -0.15) is 0 Å². The number of hydrogen-bond donors (Lipinski definition) is 3. The van der Waals surface area contributed by atoms with Gasteiger partial charge in [0.15, 0.2) is 0 Å². The first kappa shape index (κ1) is 26.7. The van der Waals surface area contributed by atoms with Gasteiger partial charge in [0, 0.05) is 0 Å². The predicted octanol–water partition coefficient (Wildman–Crippen LogP) is 7.03. The van der Waals surface area contributed by atoms with Gasteiger partial charge in [-0.15, -0.1) is 0 Å². The Morgan fingerprint density at radius 1 is 1.00 bits per heavy atom. The van der Waals surface area contributed by atoms with E-state index in [0.717, 1.165) is 12.8 Å². The first-order valence-corrected chi connectivity index (χ1v) is 14.4. The summed E-state index contributed by atoms with van der Waals surface area (Å²) in [6, 6.07) is 0. The zero-order chi connectivity index (χ0) is 25.3. The highest BCUT2D eigenvalue weighted by molar-refractivity contribution is 5.37. The quantitative estimate of drug-likeness (QED) is 0.375. The van der Waals surface area contributed by atoms with Gasteiger partial charge in [0.25, 0.3) is 0 Å². The Morgan fingerprint density at radius 3 is 2.32 bits per heavy atom. The first-order chi connectivity index (χ1) is 15.6. The fourth-order valence-corrected chi connectivity index (χ4v) is 9.85. The smallest absolute Gasteiger partial charge is 0.0596 e.